The van der Waals surface area contributed by atoms with E-state index in [9.17, 15) is 9.18 Å². The Morgan fingerprint density at radius 2 is 1.89 bits per heavy atom. The molecule has 0 aliphatic carbocycles. The van der Waals surface area contributed by atoms with Gasteiger partial charge < -0.3 is 20.1 Å². The van der Waals surface area contributed by atoms with E-state index >= 15 is 0 Å². The molecule has 3 heterocycles. The topological polar surface area (TPSA) is 67.5 Å². The number of halogens is 1. The highest BCUT2D eigenvalue weighted by Gasteiger charge is 2.27. The van der Waals surface area contributed by atoms with E-state index in [0.717, 1.165) is 81.2 Å². The van der Waals surface area contributed by atoms with Gasteiger partial charge in [-0.1, -0.05) is 6.07 Å². The van der Waals surface area contributed by atoms with Crippen molar-refractivity contribution in [3.63, 3.8) is 0 Å². The average molecular weight is 479 g/mol. The average Bonchev–Trinajstić information content (AvgIpc) is 3.31. The zero-order valence-corrected chi connectivity index (χ0v) is 20.5. The molecular weight excluding hydrogens is 443 g/mol. The molecule has 1 atom stereocenters. The molecule has 2 aliphatic rings. The van der Waals surface area contributed by atoms with Crippen LogP contribution in [0.25, 0.3) is 11.0 Å². The van der Waals surface area contributed by atoms with Crippen molar-refractivity contribution in [3.05, 3.63) is 53.8 Å². The Labute approximate surface area is 206 Å². The molecule has 1 unspecified atom stereocenters. The number of anilines is 2. The lowest BCUT2D eigenvalue weighted by molar-refractivity contribution is -0.125. The summed E-state index contributed by atoms with van der Waals surface area (Å²) in [5.41, 5.74) is 4.30. The number of fused-ring (bicyclic) bond motifs is 1. The number of nitrogens with one attached hydrogen (secondary N) is 2. The minimum Gasteiger partial charge on any atom is -0.369 e. The van der Waals surface area contributed by atoms with Crippen molar-refractivity contribution >= 4 is 28.6 Å². The summed E-state index contributed by atoms with van der Waals surface area (Å²) < 4.78 is 13.2. The maximum Gasteiger partial charge on any atom is 0.224 e. The van der Waals surface area contributed by atoms with Crippen LogP contribution in [0.4, 0.5) is 16.0 Å². The van der Waals surface area contributed by atoms with Crippen molar-refractivity contribution in [2.45, 2.75) is 26.2 Å². The van der Waals surface area contributed by atoms with Crippen LogP contribution in [0.5, 0.6) is 0 Å². The van der Waals surface area contributed by atoms with E-state index < -0.39 is 0 Å². The number of benzene rings is 2. The number of imidazole rings is 1. The van der Waals surface area contributed by atoms with E-state index in [0.29, 0.717) is 13.1 Å². The molecule has 3 aromatic rings. The molecule has 0 radical (unpaired) electrons. The van der Waals surface area contributed by atoms with Crippen LogP contribution in [0.2, 0.25) is 0 Å². The van der Waals surface area contributed by atoms with Gasteiger partial charge in [0.15, 0.2) is 0 Å². The highest BCUT2D eigenvalue weighted by molar-refractivity contribution is 5.80. The first-order chi connectivity index (χ1) is 17.0. The van der Waals surface area contributed by atoms with Crippen LogP contribution in [0, 0.1) is 18.7 Å². The molecule has 1 amide bonds. The number of piperazine rings is 1. The summed E-state index contributed by atoms with van der Waals surface area (Å²) in [5.74, 6) is 0.823. The summed E-state index contributed by atoms with van der Waals surface area (Å²) in [6.07, 6.45) is 2.86. The number of piperidine rings is 1. The Kier molecular flexibility index (Phi) is 7.18. The Morgan fingerprint density at radius 3 is 2.69 bits per heavy atom. The van der Waals surface area contributed by atoms with Gasteiger partial charge in [0.05, 0.1) is 17.0 Å². The van der Waals surface area contributed by atoms with Gasteiger partial charge in [0.1, 0.15) is 5.82 Å². The number of hydrogen-bond acceptors (Lipinski definition) is 5. The van der Waals surface area contributed by atoms with E-state index in [-0.39, 0.29) is 17.6 Å². The number of aromatic nitrogens is 2. The number of amides is 1. The fourth-order valence-corrected chi connectivity index (χ4v) is 5.18. The van der Waals surface area contributed by atoms with Crippen LogP contribution in [-0.2, 0) is 4.79 Å². The Morgan fingerprint density at radius 1 is 1.09 bits per heavy atom. The zero-order valence-electron chi connectivity index (χ0n) is 20.5. The molecule has 2 fully saturated rings. The molecule has 0 spiro atoms. The van der Waals surface area contributed by atoms with Gasteiger partial charge in [-0.25, -0.2) is 9.37 Å². The lowest BCUT2D eigenvalue weighted by Crippen LogP contribution is -2.47. The monoisotopic (exact) mass is 478 g/mol. The van der Waals surface area contributed by atoms with E-state index in [4.69, 9.17) is 4.98 Å². The standard InChI is InChI=1S/C27H35FN6O/c1-20-5-10-24-25(18-20)31-27(30-24)34-13-2-4-21(19-34)26(35)29-11-3-12-32-14-16-33(17-15-32)23-8-6-22(28)7-9-23/h5-10,18,21H,2-4,11-17,19H2,1H3,(H,29,35)(H,30,31). The van der Waals surface area contributed by atoms with Gasteiger partial charge in [-0.2, -0.15) is 0 Å². The summed E-state index contributed by atoms with van der Waals surface area (Å²) >= 11 is 0. The Bertz CT molecular complexity index is 1140. The first-order valence-corrected chi connectivity index (χ1v) is 12.8. The number of aromatic amines is 1. The van der Waals surface area contributed by atoms with Crippen LogP contribution >= 0.6 is 0 Å². The number of H-pyrrole nitrogens is 1. The van der Waals surface area contributed by atoms with Crippen molar-refractivity contribution in [3.8, 4) is 0 Å². The molecule has 186 valence electrons. The zero-order chi connectivity index (χ0) is 24.2. The van der Waals surface area contributed by atoms with Gasteiger partial charge in [0.2, 0.25) is 11.9 Å². The van der Waals surface area contributed by atoms with E-state index in [1.165, 1.54) is 17.7 Å². The number of aryl methyl sites for hydroxylation is 1. The minimum absolute atomic E-state index is 0.00190. The fourth-order valence-electron chi connectivity index (χ4n) is 5.18. The van der Waals surface area contributed by atoms with Gasteiger partial charge in [0.25, 0.3) is 0 Å². The molecular formula is C27H35FN6O. The quantitative estimate of drug-likeness (QED) is 0.509. The van der Waals surface area contributed by atoms with Gasteiger partial charge in [-0.05, 0) is 74.7 Å². The number of hydrogen-bond donors (Lipinski definition) is 2. The van der Waals surface area contributed by atoms with Crippen molar-refractivity contribution in [1.82, 2.24) is 20.2 Å². The maximum atomic E-state index is 13.2. The molecule has 35 heavy (non-hydrogen) atoms. The smallest absolute Gasteiger partial charge is 0.224 e. The largest absolute Gasteiger partial charge is 0.369 e. The van der Waals surface area contributed by atoms with E-state index in [1.807, 2.05) is 18.2 Å². The lowest BCUT2D eigenvalue weighted by Gasteiger charge is -2.36. The SMILES string of the molecule is Cc1ccc2nc(N3CCCC(C(=O)NCCCN4CCN(c5ccc(F)cc5)CC4)C3)[nH]c2c1. The van der Waals surface area contributed by atoms with Crippen molar-refractivity contribution in [1.29, 1.82) is 0 Å². The first kappa shape index (κ1) is 23.6. The van der Waals surface area contributed by atoms with Gasteiger partial charge in [0, 0.05) is 51.5 Å². The third-order valence-electron chi connectivity index (χ3n) is 7.23. The summed E-state index contributed by atoms with van der Waals surface area (Å²) in [4.78, 5) is 28.0. The number of nitrogens with zero attached hydrogens (tertiary/aromatic N) is 4. The molecule has 8 heteroatoms. The normalized spacial score (nSPS) is 19.3. The van der Waals surface area contributed by atoms with Gasteiger partial charge >= 0.3 is 0 Å². The Balaban J connectivity index is 1.03. The highest BCUT2D eigenvalue weighted by Crippen LogP contribution is 2.24. The van der Waals surface area contributed by atoms with Crippen molar-refractivity contribution in [2.75, 3.05) is 62.2 Å². The molecule has 1 aromatic heterocycles. The number of rotatable bonds is 7. The minimum atomic E-state index is -0.194. The second-order valence-electron chi connectivity index (χ2n) is 9.82. The summed E-state index contributed by atoms with van der Waals surface area (Å²) in [6, 6.07) is 13.0. The van der Waals surface area contributed by atoms with E-state index in [2.05, 4.69) is 44.1 Å². The molecule has 2 N–H and O–H groups in total. The van der Waals surface area contributed by atoms with Crippen LogP contribution in [0.1, 0.15) is 24.8 Å². The highest BCUT2D eigenvalue weighted by atomic mass is 19.1. The molecule has 2 aromatic carbocycles. The number of carbonyl (C=O) groups excluding carboxylic acids is 1. The van der Waals surface area contributed by atoms with Crippen LogP contribution in [-0.4, -0.2) is 73.1 Å². The van der Waals surface area contributed by atoms with Crippen molar-refractivity contribution < 1.29 is 9.18 Å². The maximum absolute atomic E-state index is 13.2. The summed E-state index contributed by atoms with van der Waals surface area (Å²) in [5, 5.41) is 3.17. The summed E-state index contributed by atoms with van der Waals surface area (Å²) in [6.45, 7) is 9.25. The van der Waals surface area contributed by atoms with Gasteiger partial charge in [-0.3, -0.25) is 9.69 Å². The molecule has 0 bridgehead atoms. The molecule has 7 nitrogen and oxygen atoms in total. The van der Waals surface area contributed by atoms with Crippen LogP contribution in [0.3, 0.4) is 0 Å². The second kappa shape index (κ2) is 10.6. The van der Waals surface area contributed by atoms with Crippen LogP contribution < -0.4 is 15.1 Å². The Hall–Kier alpha value is -3.13. The van der Waals surface area contributed by atoms with Crippen molar-refractivity contribution in [2.24, 2.45) is 5.92 Å². The van der Waals surface area contributed by atoms with E-state index in [1.54, 1.807) is 0 Å². The fraction of sp³-hybridized carbons (Fsp3) is 0.481. The molecule has 2 saturated heterocycles. The third kappa shape index (κ3) is 5.75. The molecule has 0 saturated carbocycles. The second-order valence-corrected chi connectivity index (χ2v) is 9.82. The first-order valence-electron chi connectivity index (χ1n) is 12.8. The number of carbonyl (C=O) groups is 1. The third-order valence-corrected chi connectivity index (χ3v) is 7.23. The molecule has 2 aliphatic heterocycles. The molecule has 5 rings (SSSR count). The summed E-state index contributed by atoms with van der Waals surface area (Å²) in [7, 11) is 0. The van der Waals surface area contributed by atoms with Crippen LogP contribution in [0.15, 0.2) is 42.5 Å². The predicted octanol–water partition coefficient (Wildman–Crippen LogP) is 3.56. The lowest BCUT2D eigenvalue weighted by atomic mass is 9.97. The van der Waals surface area contributed by atoms with Gasteiger partial charge in [-0.15, -0.1) is 0 Å². The predicted molar refractivity (Wildman–Crippen MR) is 138 cm³/mol.